The predicted octanol–water partition coefficient (Wildman–Crippen LogP) is 2.75. The minimum absolute atomic E-state index is 0.0357. The molecule has 30 heavy (non-hydrogen) atoms. The number of amides is 1. The number of para-hydroxylation sites is 2. The lowest BCUT2D eigenvalue weighted by Crippen LogP contribution is -2.17. The molecule has 0 aliphatic rings. The number of ether oxygens (including phenoxy) is 1. The molecule has 0 atom stereocenters. The van der Waals surface area contributed by atoms with Crippen LogP contribution in [0.25, 0.3) is 0 Å². The molecule has 152 valence electrons. The van der Waals surface area contributed by atoms with Gasteiger partial charge in [0.2, 0.25) is 0 Å². The summed E-state index contributed by atoms with van der Waals surface area (Å²) in [5.41, 5.74) is 12.2. The third-order valence-electron chi connectivity index (χ3n) is 4.50. The number of carbonyl (C=O) groups excluding carboxylic acids is 2. The summed E-state index contributed by atoms with van der Waals surface area (Å²) in [6.07, 6.45) is 0. The number of methoxy groups -OCH3 is 1. The number of phenols is 1. The predicted molar refractivity (Wildman–Crippen MR) is 114 cm³/mol. The zero-order chi connectivity index (χ0) is 21.8. The number of aromatic hydroxyl groups is 1. The van der Waals surface area contributed by atoms with Crippen molar-refractivity contribution in [2.45, 2.75) is 0 Å². The average Bonchev–Trinajstić information content (AvgIpc) is 2.74. The largest absolute Gasteiger partial charge is 0.506 e. The zero-order valence-electron chi connectivity index (χ0n) is 16.1. The number of ketones is 1. The van der Waals surface area contributed by atoms with E-state index in [-0.39, 0.29) is 33.9 Å². The van der Waals surface area contributed by atoms with Gasteiger partial charge in [0.1, 0.15) is 17.3 Å². The maximum absolute atomic E-state index is 13.1. The van der Waals surface area contributed by atoms with E-state index in [2.05, 4.69) is 5.32 Å². The van der Waals surface area contributed by atoms with E-state index in [4.69, 9.17) is 21.6 Å². The third-order valence-corrected chi connectivity index (χ3v) is 4.50. The van der Waals surface area contributed by atoms with Crippen molar-refractivity contribution >= 4 is 28.9 Å². The van der Waals surface area contributed by atoms with E-state index in [0.717, 1.165) is 0 Å². The lowest BCUT2D eigenvalue weighted by molar-refractivity contribution is 0.102. The van der Waals surface area contributed by atoms with Crippen LogP contribution in [-0.2, 0) is 0 Å². The maximum atomic E-state index is 13.1. The minimum atomic E-state index is -0.576. The molecular weight excluding hydrogens is 384 g/mol. The van der Waals surface area contributed by atoms with E-state index in [0.29, 0.717) is 11.3 Å². The number of nitrogens with one attached hydrogen (secondary N) is 2. The van der Waals surface area contributed by atoms with Crippen molar-refractivity contribution in [2.75, 3.05) is 18.2 Å². The van der Waals surface area contributed by atoms with Gasteiger partial charge in [-0.1, -0.05) is 12.1 Å². The molecule has 3 aromatic rings. The molecule has 0 unspecified atom stereocenters. The summed E-state index contributed by atoms with van der Waals surface area (Å²) in [7, 11) is 1.52. The van der Waals surface area contributed by atoms with E-state index in [9.17, 15) is 14.7 Å². The van der Waals surface area contributed by atoms with Crippen molar-refractivity contribution in [3.63, 3.8) is 0 Å². The highest BCUT2D eigenvalue weighted by molar-refractivity contribution is 6.19. The first-order chi connectivity index (χ1) is 14.3. The molecule has 0 aliphatic heterocycles. The number of amidine groups is 1. The Balaban J connectivity index is 1.99. The van der Waals surface area contributed by atoms with Gasteiger partial charge >= 0.3 is 0 Å². The Labute approximate surface area is 172 Å². The highest BCUT2D eigenvalue weighted by atomic mass is 16.5. The van der Waals surface area contributed by atoms with Gasteiger partial charge in [0.15, 0.2) is 5.78 Å². The smallest absolute Gasteiger partial charge is 0.255 e. The van der Waals surface area contributed by atoms with Gasteiger partial charge in [-0.05, 0) is 48.5 Å². The van der Waals surface area contributed by atoms with Gasteiger partial charge in [0.05, 0.1) is 29.6 Å². The lowest BCUT2D eigenvalue weighted by Gasteiger charge is -2.14. The molecule has 8 heteroatoms. The molecule has 0 radical (unpaired) electrons. The molecule has 3 rings (SSSR count). The van der Waals surface area contributed by atoms with Gasteiger partial charge in [0, 0.05) is 11.1 Å². The first-order valence-corrected chi connectivity index (χ1v) is 8.88. The number of anilines is 2. The van der Waals surface area contributed by atoms with E-state index < -0.39 is 17.4 Å². The first-order valence-electron chi connectivity index (χ1n) is 8.88. The van der Waals surface area contributed by atoms with Crippen molar-refractivity contribution < 1.29 is 19.4 Å². The normalized spacial score (nSPS) is 10.3. The van der Waals surface area contributed by atoms with Crippen LogP contribution in [0.5, 0.6) is 11.5 Å². The highest BCUT2D eigenvalue weighted by Crippen LogP contribution is 2.30. The number of nitrogens with two attached hydrogens (primary N) is 2. The monoisotopic (exact) mass is 404 g/mol. The summed E-state index contributed by atoms with van der Waals surface area (Å²) in [4.78, 5) is 25.8. The highest BCUT2D eigenvalue weighted by Gasteiger charge is 2.22. The van der Waals surface area contributed by atoms with E-state index in [1.807, 2.05) is 0 Å². The van der Waals surface area contributed by atoms with Crippen LogP contribution in [0, 0.1) is 5.41 Å². The Bertz CT molecular complexity index is 1140. The maximum Gasteiger partial charge on any atom is 0.255 e. The standard InChI is InChI=1S/C22H20N4O4/c1-30-13-10-8-12(9-11-13)22(29)26-18-14(4-3-7-17(18)23)19(27)15-5-2-6-16(20(15)28)21(24)25/h2-11,28H,23H2,1H3,(H3,24,25)(H,26,29). The number of carbonyl (C=O) groups is 2. The molecule has 0 bridgehead atoms. The van der Waals surface area contributed by atoms with Crippen molar-refractivity contribution in [1.82, 2.24) is 0 Å². The second kappa shape index (κ2) is 8.36. The summed E-state index contributed by atoms with van der Waals surface area (Å²) in [6.45, 7) is 0. The van der Waals surface area contributed by atoms with Crippen molar-refractivity contribution in [1.29, 1.82) is 5.41 Å². The first kappa shape index (κ1) is 20.4. The van der Waals surface area contributed by atoms with Crippen LogP contribution in [0.4, 0.5) is 11.4 Å². The fourth-order valence-electron chi connectivity index (χ4n) is 2.92. The van der Waals surface area contributed by atoms with Crippen molar-refractivity contribution in [2.24, 2.45) is 5.73 Å². The number of nitrogen functional groups attached to an aromatic ring is 2. The summed E-state index contributed by atoms with van der Waals surface area (Å²) in [5, 5.41) is 20.6. The SMILES string of the molecule is COc1ccc(C(=O)Nc2c(N)cccc2C(=O)c2cccc(C(=N)N)c2O)cc1. The zero-order valence-corrected chi connectivity index (χ0v) is 16.1. The molecule has 1 amide bonds. The molecular formula is C22H20N4O4. The number of rotatable bonds is 6. The van der Waals surface area contributed by atoms with Crippen LogP contribution in [0.1, 0.15) is 31.8 Å². The minimum Gasteiger partial charge on any atom is -0.506 e. The van der Waals surface area contributed by atoms with Gasteiger partial charge < -0.3 is 26.6 Å². The molecule has 0 heterocycles. The summed E-state index contributed by atoms with van der Waals surface area (Å²) in [5.74, 6) is -1.23. The number of hydrogen-bond donors (Lipinski definition) is 5. The quantitative estimate of drug-likeness (QED) is 0.184. The second-order valence-corrected chi connectivity index (χ2v) is 6.40. The molecule has 0 aromatic heterocycles. The van der Waals surface area contributed by atoms with Crippen LogP contribution >= 0.6 is 0 Å². The number of phenolic OH excluding ortho intramolecular Hbond substituents is 1. The van der Waals surface area contributed by atoms with Crippen LogP contribution in [-0.4, -0.2) is 29.7 Å². The van der Waals surface area contributed by atoms with Crippen molar-refractivity contribution in [3.05, 3.63) is 82.9 Å². The molecule has 0 saturated carbocycles. The molecule has 8 nitrogen and oxygen atoms in total. The number of benzene rings is 3. The van der Waals surface area contributed by atoms with Crippen LogP contribution in [0.15, 0.2) is 60.7 Å². The fraction of sp³-hybridized carbons (Fsp3) is 0.0455. The Kier molecular flexibility index (Phi) is 5.68. The summed E-state index contributed by atoms with van der Waals surface area (Å²) < 4.78 is 5.08. The summed E-state index contributed by atoms with van der Waals surface area (Å²) >= 11 is 0. The van der Waals surface area contributed by atoms with E-state index in [1.165, 1.54) is 31.4 Å². The Hall–Kier alpha value is -4.33. The molecule has 0 spiro atoms. The van der Waals surface area contributed by atoms with Gasteiger partial charge in [-0.3, -0.25) is 15.0 Å². The van der Waals surface area contributed by atoms with Crippen LogP contribution in [0.2, 0.25) is 0 Å². The van der Waals surface area contributed by atoms with Gasteiger partial charge in [-0.25, -0.2) is 0 Å². The second-order valence-electron chi connectivity index (χ2n) is 6.40. The lowest BCUT2D eigenvalue weighted by atomic mass is 9.97. The molecule has 0 saturated heterocycles. The van der Waals surface area contributed by atoms with Gasteiger partial charge in [0.25, 0.3) is 5.91 Å². The average molecular weight is 404 g/mol. The third kappa shape index (κ3) is 3.93. The fourth-order valence-corrected chi connectivity index (χ4v) is 2.92. The summed E-state index contributed by atoms with van der Waals surface area (Å²) in [6, 6.07) is 15.4. The Morgan fingerprint density at radius 3 is 2.20 bits per heavy atom. The van der Waals surface area contributed by atoms with Crippen molar-refractivity contribution in [3.8, 4) is 11.5 Å². The van der Waals surface area contributed by atoms with Gasteiger partial charge in [-0.2, -0.15) is 0 Å². The Morgan fingerprint density at radius 1 is 0.967 bits per heavy atom. The van der Waals surface area contributed by atoms with Crippen LogP contribution < -0.4 is 21.5 Å². The topological polar surface area (TPSA) is 152 Å². The Morgan fingerprint density at radius 2 is 1.57 bits per heavy atom. The van der Waals surface area contributed by atoms with E-state index in [1.54, 1.807) is 36.4 Å². The van der Waals surface area contributed by atoms with E-state index >= 15 is 0 Å². The number of hydrogen-bond acceptors (Lipinski definition) is 6. The molecule has 0 aliphatic carbocycles. The molecule has 3 aromatic carbocycles. The van der Waals surface area contributed by atoms with Gasteiger partial charge in [-0.15, -0.1) is 0 Å². The molecule has 7 N–H and O–H groups in total. The van der Waals surface area contributed by atoms with Crippen LogP contribution in [0.3, 0.4) is 0 Å². The molecule has 0 fully saturated rings.